The Morgan fingerprint density at radius 3 is 2.39 bits per heavy atom. The SMILES string of the molecule is CCc1noc(C(C)N2CCC(CN3CCCCCC3)CC2)n1. The molecule has 1 aromatic heterocycles. The third-order valence-corrected chi connectivity index (χ3v) is 5.57. The van der Waals surface area contributed by atoms with E-state index in [2.05, 4.69) is 33.8 Å². The molecular weight excluding hydrogens is 288 g/mol. The highest BCUT2D eigenvalue weighted by Crippen LogP contribution is 2.26. The predicted octanol–water partition coefficient (Wildman–Crippen LogP) is 3.28. The van der Waals surface area contributed by atoms with Gasteiger partial charge in [0.1, 0.15) is 0 Å². The van der Waals surface area contributed by atoms with Crippen molar-refractivity contribution in [2.45, 2.75) is 64.8 Å². The van der Waals surface area contributed by atoms with Crippen molar-refractivity contribution in [1.82, 2.24) is 19.9 Å². The van der Waals surface area contributed by atoms with E-state index in [1.54, 1.807) is 0 Å². The number of nitrogens with zero attached hydrogens (tertiary/aromatic N) is 4. The summed E-state index contributed by atoms with van der Waals surface area (Å²) >= 11 is 0. The Balaban J connectivity index is 1.45. The summed E-state index contributed by atoms with van der Waals surface area (Å²) < 4.78 is 5.42. The van der Waals surface area contributed by atoms with Gasteiger partial charge in [-0.05, 0) is 64.7 Å². The Morgan fingerprint density at radius 1 is 1.09 bits per heavy atom. The Morgan fingerprint density at radius 2 is 1.78 bits per heavy atom. The zero-order chi connectivity index (χ0) is 16.1. The molecule has 130 valence electrons. The third-order valence-electron chi connectivity index (χ3n) is 5.57. The molecule has 0 bridgehead atoms. The topological polar surface area (TPSA) is 45.4 Å². The number of likely N-dealkylation sites (tertiary alicyclic amines) is 2. The van der Waals surface area contributed by atoms with Gasteiger partial charge in [0.25, 0.3) is 0 Å². The van der Waals surface area contributed by atoms with Crippen LogP contribution in [0.3, 0.4) is 0 Å². The van der Waals surface area contributed by atoms with Crippen molar-refractivity contribution < 1.29 is 4.52 Å². The first-order valence-electron chi connectivity index (χ1n) is 9.55. The molecular formula is C18H32N4O. The Bertz CT molecular complexity index is 459. The molecule has 0 aromatic carbocycles. The monoisotopic (exact) mass is 320 g/mol. The van der Waals surface area contributed by atoms with E-state index in [0.29, 0.717) is 0 Å². The average Bonchev–Trinajstić information content (AvgIpc) is 2.93. The Labute approximate surface area is 140 Å². The van der Waals surface area contributed by atoms with Gasteiger partial charge in [0.05, 0.1) is 6.04 Å². The summed E-state index contributed by atoms with van der Waals surface area (Å²) in [5, 5.41) is 4.03. The summed E-state index contributed by atoms with van der Waals surface area (Å²) in [4.78, 5) is 9.72. The number of rotatable bonds is 5. The maximum Gasteiger partial charge on any atom is 0.243 e. The van der Waals surface area contributed by atoms with E-state index in [0.717, 1.165) is 37.1 Å². The second-order valence-electron chi connectivity index (χ2n) is 7.27. The summed E-state index contributed by atoms with van der Waals surface area (Å²) in [6, 6.07) is 0.252. The molecule has 0 amide bonds. The van der Waals surface area contributed by atoms with Gasteiger partial charge in [-0.2, -0.15) is 4.98 Å². The van der Waals surface area contributed by atoms with Gasteiger partial charge < -0.3 is 9.42 Å². The minimum absolute atomic E-state index is 0.252. The molecule has 2 aliphatic rings. The molecule has 0 saturated carbocycles. The van der Waals surface area contributed by atoms with Crippen molar-refractivity contribution >= 4 is 0 Å². The fraction of sp³-hybridized carbons (Fsp3) is 0.889. The van der Waals surface area contributed by atoms with Crippen molar-refractivity contribution in [3.05, 3.63) is 11.7 Å². The van der Waals surface area contributed by atoms with Crippen LogP contribution in [-0.4, -0.2) is 52.7 Å². The molecule has 3 heterocycles. The van der Waals surface area contributed by atoms with Crippen molar-refractivity contribution in [3.63, 3.8) is 0 Å². The average molecular weight is 320 g/mol. The van der Waals surface area contributed by atoms with Crippen LogP contribution in [0.1, 0.15) is 70.1 Å². The molecule has 5 heteroatoms. The molecule has 2 fully saturated rings. The van der Waals surface area contributed by atoms with Crippen LogP contribution in [0.5, 0.6) is 0 Å². The van der Waals surface area contributed by atoms with Crippen LogP contribution in [0.25, 0.3) is 0 Å². The van der Waals surface area contributed by atoms with Crippen molar-refractivity contribution in [2.75, 3.05) is 32.7 Å². The molecule has 0 aliphatic carbocycles. The van der Waals surface area contributed by atoms with Gasteiger partial charge in [-0.15, -0.1) is 0 Å². The van der Waals surface area contributed by atoms with Gasteiger partial charge >= 0.3 is 0 Å². The molecule has 0 spiro atoms. The van der Waals surface area contributed by atoms with Gasteiger partial charge in [0.2, 0.25) is 5.89 Å². The van der Waals surface area contributed by atoms with Crippen LogP contribution in [-0.2, 0) is 6.42 Å². The van der Waals surface area contributed by atoms with E-state index >= 15 is 0 Å². The highest BCUT2D eigenvalue weighted by atomic mass is 16.5. The van der Waals surface area contributed by atoms with Crippen LogP contribution < -0.4 is 0 Å². The van der Waals surface area contributed by atoms with Crippen LogP contribution in [0.15, 0.2) is 4.52 Å². The maximum atomic E-state index is 5.42. The van der Waals surface area contributed by atoms with Gasteiger partial charge in [-0.3, -0.25) is 4.90 Å². The first-order chi connectivity index (χ1) is 11.3. The van der Waals surface area contributed by atoms with Gasteiger partial charge in [0.15, 0.2) is 5.82 Å². The van der Waals surface area contributed by atoms with Gasteiger partial charge in [-0.1, -0.05) is 24.9 Å². The van der Waals surface area contributed by atoms with E-state index in [9.17, 15) is 0 Å². The smallest absolute Gasteiger partial charge is 0.243 e. The lowest BCUT2D eigenvalue weighted by Gasteiger charge is -2.36. The second-order valence-corrected chi connectivity index (χ2v) is 7.27. The first-order valence-corrected chi connectivity index (χ1v) is 9.55. The fourth-order valence-electron chi connectivity index (χ4n) is 3.94. The number of hydrogen-bond acceptors (Lipinski definition) is 5. The minimum atomic E-state index is 0.252. The lowest BCUT2D eigenvalue weighted by atomic mass is 9.95. The molecule has 23 heavy (non-hydrogen) atoms. The summed E-state index contributed by atoms with van der Waals surface area (Å²) in [5.41, 5.74) is 0. The minimum Gasteiger partial charge on any atom is -0.338 e. The number of hydrogen-bond donors (Lipinski definition) is 0. The Kier molecular flexibility index (Phi) is 6.06. The molecule has 2 saturated heterocycles. The lowest BCUT2D eigenvalue weighted by Crippen LogP contribution is -2.40. The molecule has 1 atom stereocenters. The quantitative estimate of drug-likeness (QED) is 0.833. The molecule has 1 unspecified atom stereocenters. The third kappa shape index (κ3) is 4.54. The van der Waals surface area contributed by atoms with E-state index in [1.807, 2.05) is 0 Å². The number of aromatic nitrogens is 2. The van der Waals surface area contributed by atoms with Crippen LogP contribution in [0, 0.1) is 5.92 Å². The standard InChI is InChI=1S/C18H32N4O/c1-3-17-19-18(23-20-17)15(2)22-12-8-16(9-13-22)14-21-10-6-4-5-7-11-21/h15-16H,3-14H2,1-2H3. The zero-order valence-corrected chi connectivity index (χ0v) is 14.8. The lowest BCUT2D eigenvalue weighted by molar-refractivity contribution is 0.102. The van der Waals surface area contributed by atoms with Crippen LogP contribution in [0.2, 0.25) is 0 Å². The first kappa shape index (κ1) is 16.9. The van der Waals surface area contributed by atoms with E-state index in [-0.39, 0.29) is 6.04 Å². The number of aryl methyl sites for hydroxylation is 1. The maximum absolute atomic E-state index is 5.42. The summed E-state index contributed by atoms with van der Waals surface area (Å²) in [5.74, 6) is 2.47. The van der Waals surface area contributed by atoms with Crippen LogP contribution in [0.4, 0.5) is 0 Å². The normalized spacial score (nSPS) is 23.7. The van der Waals surface area contributed by atoms with Crippen molar-refractivity contribution in [3.8, 4) is 0 Å². The second kappa shape index (κ2) is 8.25. The van der Waals surface area contributed by atoms with Gasteiger partial charge in [0, 0.05) is 13.0 Å². The summed E-state index contributed by atoms with van der Waals surface area (Å²) in [7, 11) is 0. The van der Waals surface area contributed by atoms with Crippen molar-refractivity contribution in [1.29, 1.82) is 0 Å². The Hall–Kier alpha value is -0.940. The van der Waals surface area contributed by atoms with E-state index in [4.69, 9.17) is 4.52 Å². The largest absolute Gasteiger partial charge is 0.338 e. The number of piperidine rings is 1. The van der Waals surface area contributed by atoms with E-state index < -0.39 is 0 Å². The molecule has 5 nitrogen and oxygen atoms in total. The fourth-order valence-corrected chi connectivity index (χ4v) is 3.94. The molecule has 2 aliphatic heterocycles. The predicted molar refractivity (Wildman–Crippen MR) is 91.3 cm³/mol. The van der Waals surface area contributed by atoms with Crippen LogP contribution >= 0.6 is 0 Å². The highest BCUT2D eigenvalue weighted by Gasteiger charge is 2.27. The summed E-state index contributed by atoms with van der Waals surface area (Å²) in [6.07, 6.45) is 9.09. The molecule has 0 radical (unpaired) electrons. The summed E-state index contributed by atoms with van der Waals surface area (Å²) in [6.45, 7) is 10.5. The zero-order valence-electron chi connectivity index (χ0n) is 14.8. The highest BCUT2D eigenvalue weighted by molar-refractivity contribution is 4.93. The molecule has 3 rings (SSSR count). The van der Waals surface area contributed by atoms with E-state index in [1.165, 1.54) is 58.2 Å². The molecule has 0 N–H and O–H groups in total. The molecule has 1 aromatic rings. The van der Waals surface area contributed by atoms with Crippen molar-refractivity contribution in [2.24, 2.45) is 5.92 Å². The van der Waals surface area contributed by atoms with Gasteiger partial charge in [-0.25, -0.2) is 0 Å².